The molecule has 6 nitrogen and oxygen atoms in total. The highest BCUT2D eigenvalue weighted by atomic mass is 16.5. The first-order valence-electron chi connectivity index (χ1n) is 8.82. The average molecular weight is 364 g/mol. The summed E-state index contributed by atoms with van der Waals surface area (Å²) < 4.78 is 11.7. The maximum absolute atomic E-state index is 12.7. The number of ketones is 1. The number of nitrogens with one attached hydrogen (secondary N) is 1. The van der Waals surface area contributed by atoms with Crippen LogP contribution in [0.5, 0.6) is 5.75 Å². The summed E-state index contributed by atoms with van der Waals surface area (Å²) in [5.41, 5.74) is 1.85. The third kappa shape index (κ3) is 3.07. The number of pyridine rings is 1. The van der Waals surface area contributed by atoms with E-state index >= 15 is 0 Å². The second-order valence-corrected chi connectivity index (χ2v) is 7.33. The number of aromatic nitrogens is 1. The van der Waals surface area contributed by atoms with Crippen LogP contribution in [0, 0.1) is 6.92 Å². The Morgan fingerprint density at radius 2 is 2.07 bits per heavy atom. The van der Waals surface area contributed by atoms with Crippen LogP contribution in [0.2, 0.25) is 0 Å². The number of rotatable bonds is 3. The summed E-state index contributed by atoms with van der Waals surface area (Å²) in [7, 11) is 0. The van der Waals surface area contributed by atoms with E-state index in [-0.39, 0.29) is 23.9 Å². The van der Waals surface area contributed by atoms with Crippen molar-refractivity contribution in [3.05, 3.63) is 59.1 Å². The Bertz CT molecular complexity index is 1050. The lowest BCUT2D eigenvalue weighted by Crippen LogP contribution is -2.36. The molecule has 1 aliphatic rings. The number of carbonyl (C=O) groups is 2. The van der Waals surface area contributed by atoms with Gasteiger partial charge in [0, 0.05) is 17.1 Å². The molecular weight excluding hydrogens is 344 g/mol. The molecular formula is C21H20N2O4. The normalized spacial score (nSPS) is 15.3. The van der Waals surface area contributed by atoms with Crippen molar-refractivity contribution in [2.24, 2.45) is 0 Å². The quantitative estimate of drug-likeness (QED) is 0.764. The minimum atomic E-state index is -0.543. The third-order valence-electron chi connectivity index (χ3n) is 4.67. The number of carbonyl (C=O) groups excluding carboxylic acids is 2. The molecule has 0 spiro atoms. The topological polar surface area (TPSA) is 81.4 Å². The smallest absolute Gasteiger partial charge is 0.287 e. The number of Topliss-reactive ketones (excluding diaryl/α,β-unsaturated/α-hetero) is 1. The molecule has 1 N–H and O–H groups in total. The van der Waals surface area contributed by atoms with Crippen molar-refractivity contribution >= 4 is 22.7 Å². The summed E-state index contributed by atoms with van der Waals surface area (Å²) in [6.45, 7) is 5.85. The Kier molecular flexibility index (Phi) is 3.98. The summed E-state index contributed by atoms with van der Waals surface area (Å²) in [6, 6.07) is 8.98. The molecule has 2 aromatic heterocycles. The number of furan rings is 1. The first kappa shape index (κ1) is 17.3. The van der Waals surface area contributed by atoms with E-state index in [4.69, 9.17) is 9.15 Å². The molecule has 138 valence electrons. The fraction of sp³-hybridized carbons (Fsp3) is 0.286. The van der Waals surface area contributed by atoms with Crippen molar-refractivity contribution in [3.8, 4) is 5.75 Å². The molecule has 0 bridgehead atoms. The number of hydrogen-bond donors (Lipinski definition) is 1. The molecule has 0 radical (unpaired) electrons. The SMILES string of the molecule is Cc1c(C(=O)NCc2ccccn2)oc2ccc3c(c12)C(=O)CC(C)(C)O3. The van der Waals surface area contributed by atoms with Crippen molar-refractivity contribution in [2.75, 3.05) is 0 Å². The molecule has 6 heteroatoms. The number of fused-ring (bicyclic) bond motifs is 3. The van der Waals surface area contributed by atoms with Gasteiger partial charge in [-0.25, -0.2) is 0 Å². The summed E-state index contributed by atoms with van der Waals surface area (Å²) in [5.74, 6) is 0.392. The second kappa shape index (κ2) is 6.23. The molecule has 3 aromatic rings. The largest absolute Gasteiger partial charge is 0.487 e. The van der Waals surface area contributed by atoms with E-state index in [1.807, 2.05) is 32.0 Å². The first-order chi connectivity index (χ1) is 12.9. The maximum atomic E-state index is 12.7. The standard InChI is InChI=1S/C21H20N2O4/c1-12-17-15(7-8-16-18(17)14(24)10-21(2,3)27-16)26-19(12)20(25)23-11-13-6-4-5-9-22-13/h4-9H,10-11H2,1-3H3,(H,23,25). The van der Waals surface area contributed by atoms with E-state index in [0.29, 0.717) is 34.4 Å². The van der Waals surface area contributed by atoms with Gasteiger partial charge in [-0.15, -0.1) is 0 Å². The monoisotopic (exact) mass is 364 g/mol. The van der Waals surface area contributed by atoms with Gasteiger partial charge in [0.2, 0.25) is 0 Å². The molecule has 0 atom stereocenters. The number of hydrogen-bond acceptors (Lipinski definition) is 5. The molecule has 0 saturated heterocycles. The van der Waals surface area contributed by atoms with E-state index in [9.17, 15) is 9.59 Å². The lowest BCUT2D eigenvalue weighted by molar-refractivity contribution is 0.0623. The van der Waals surface area contributed by atoms with Gasteiger partial charge in [0.05, 0.1) is 24.2 Å². The highest BCUT2D eigenvalue weighted by Gasteiger charge is 2.35. The van der Waals surface area contributed by atoms with Gasteiger partial charge in [0.15, 0.2) is 11.5 Å². The summed E-state index contributed by atoms with van der Waals surface area (Å²) in [4.78, 5) is 29.5. The Morgan fingerprint density at radius 3 is 2.81 bits per heavy atom. The van der Waals surface area contributed by atoms with Gasteiger partial charge in [-0.3, -0.25) is 14.6 Å². The fourth-order valence-corrected chi connectivity index (χ4v) is 3.46. The summed E-state index contributed by atoms with van der Waals surface area (Å²) >= 11 is 0. The van der Waals surface area contributed by atoms with Gasteiger partial charge in [-0.2, -0.15) is 0 Å². The zero-order valence-electron chi connectivity index (χ0n) is 15.5. The Morgan fingerprint density at radius 1 is 1.26 bits per heavy atom. The van der Waals surface area contributed by atoms with Crippen LogP contribution in [0.25, 0.3) is 11.0 Å². The predicted octanol–water partition coefficient (Wildman–Crippen LogP) is 3.81. The number of benzene rings is 1. The Labute approximate surface area is 156 Å². The Hall–Kier alpha value is -3.15. The van der Waals surface area contributed by atoms with Crippen LogP contribution in [0.1, 0.15) is 52.4 Å². The highest BCUT2D eigenvalue weighted by Crippen LogP contribution is 2.40. The highest BCUT2D eigenvalue weighted by molar-refractivity contribution is 6.13. The molecule has 27 heavy (non-hydrogen) atoms. The molecule has 0 fully saturated rings. The van der Waals surface area contributed by atoms with Crippen LogP contribution in [-0.4, -0.2) is 22.3 Å². The van der Waals surface area contributed by atoms with E-state index in [0.717, 1.165) is 5.69 Å². The van der Waals surface area contributed by atoms with Crippen LogP contribution in [0.3, 0.4) is 0 Å². The zero-order valence-corrected chi connectivity index (χ0v) is 15.5. The molecule has 0 unspecified atom stereocenters. The molecule has 3 heterocycles. The van der Waals surface area contributed by atoms with Gasteiger partial charge < -0.3 is 14.5 Å². The van der Waals surface area contributed by atoms with E-state index in [1.54, 1.807) is 25.3 Å². The zero-order chi connectivity index (χ0) is 19.2. The third-order valence-corrected chi connectivity index (χ3v) is 4.67. The molecule has 4 rings (SSSR count). The van der Waals surface area contributed by atoms with Crippen LogP contribution < -0.4 is 10.1 Å². The lowest BCUT2D eigenvalue weighted by atomic mass is 9.90. The minimum Gasteiger partial charge on any atom is -0.487 e. The number of nitrogens with zero attached hydrogens (tertiary/aromatic N) is 1. The summed E-state index contributed by atoms with van der Waals surface area (Å²) in [5, 5.41) is 3.46. The van der Waals surface area contributed by atoms with E-state index in [1.165, 1.54) is 0 Å². The summed E-state index contributed by atoms with van der Waals surface area (Å²) in [6.07, 6.45) is 1.96. The molecule has 0 aliphatic carbocycles. The van der Waals surface area contributed by atoms with Crippen molar-refractivity contribution in [1.82, 2.24) is 10.3 Å². The Balaban J connectivity index is 1.70. The predicted molar refractivity (Wildman–Crippen MR) is 100 cm³/mol. The molecule has 1 amide bonds. The van der Waals surface area contributed by atoms with Gasteiger partial charge in [-0.05, 0) is 45.0 Å². The molecule has 1 aliphatic heterocycles. The van der Waals surface area contributed by atoms with Crippen molar-refractivity contribution in [2.45, 2.75) is 39.3 Å². The van der Waals surface area contributed by atoms with Crippen LogP contribution in [0.4, 0.5) is 0 Å². The van der Waals surface area contributed by atoms with Crippen LogP contribution >= 0.6 is 0 Å². The minimum absolute atomic E-state index is 0.00352. The number of amides is 1. The number of aryl methyl sites for hydroxylation is 1. The van der Waals surface area contributed by atoms with Crippen LogP contribution in [0.15, 0.2) is 40.9 Å². The number of ether oxygens (including phenoxy) is 1. The lowest BCUT2D eigenvalue weighted by Gasteiger charge is -2.31. The molecule has 0 saturated carbocycles. The van der Waals surface area contributed by atoms with Crippen molar-refractivity contribution in [1.29, 1.82) is 0 Å². The van der Waals surface area contributed by atoms with Crippen molar-refractivity contribution in [3.63, 3.8) is 0 Å². The fourth-order valence-electron chi connectivity index (χ4n) is 3.46. The first-order valence-corrected chi connectivity index (χ1v) is 8.82. The van der Waals surface area contributed by atoms with E-state index in [2.05, 4.69) is 10.3 Å². The van der Waals surface area contributed by atoms with Gasteiger partial charge in [-0.1, -0.05) is 6.07 Å². The average Bonchev–Trinajstić information content (AvgIpc) is 2.96. The van der Waals surface area contributed by atoms with Gasteiger partial charge in [0.25, 0.3) is 5.91 Å². The molecule has 1 aromatic carbocycles. The van der Waals surface area contributed by atoms with Gasteiger partial charge in [0.1, 0.15) is 16.9 Å². The maximum Gasteiger partial charge on any atom is 0.287 e. The van der Waals surface area contributed by atoms with Crippen molar-refractivity contribution < 1.29 is 18.7 Å². The van der Waals surface area contributed by atoms with Gasteiger partial charge >= 0.3 is 0 Å². The van der Waals surface area contributed by atoms with Crippen LogP contribution in [-0.2, 0) is 6.54 Å². The second-order valence-electron chi connectivity index (χ2n) is 7.33. The van der Waals surface area contributed by atoms with E-state index < -0.39 is 5.60 Å².